The molecule has 0 radical (unpaired) electrons. The molecule has 0 saturated carbocycles. The Morgan fingerprint density at radius 1 is 1.17 bits per heavy atom. The van der Waals surface area contributed by atoms with Crippen LogP contribution in [0.4, 0.5) is 0 Å². The van der Waals surface area contributed by atoms with Crippen LogP contribution in [0.2, 0.25) is 0 Å². The predicted octanol–water partition coefficient (Wildman–Crippen LogP) is 2.96. The average molecular weight is 420 g/mol. The zero-order valence-corrected chi connectivity index (χ0v) is 17.1. The summed E-state index contributed by atoms with van der Waals surface area (Å²) in [5, 5.41) is 0. The number of likely N-dealkylation sites (tertiary alicyclic amines) is 1. The highest BCUT2D eigenvalue weighted by Gasteiger charge is 2.22. The molecule has 1 aliphatic rings. The van der Waals surface area contributed by atoms with Gasteiger partial charge in [0.2, 0.25) is 10.0 Å². The lowest BCUT2D eigenvalue weighted by molar-refractivity contribution is 0.126. The Kier molecular flexibility index (Phi) is 5.62. The van der Waals surface area contributed by atoms with Gasteiger partial charge in [-0.15, -0.1) is 0 Å². The van der Waals surface area contributed by atoms with Crippen LogP contribution in [-0.2, 0) is 23.1 Å². The molecule has 0 unspecified atom stereocenters. The van der Waals surface area contributed by atoms with Crippen molar-refractivity contribution in [3.63, 3.8) is 0 Å². The summed E-state index contributed by atoms with van der Waals surface area (Å²) in [6.45, 7) is 4.07. The normalized spacial score (nSPS) is 18.4. The third-order valence-electron chi connectivity index (χ3n) is 5.44. The van der Waals surface area contributed by atoms with Crippen LogP contribution in [-0.4, -0.2) is 30.9 Å². The van der Waals surface area contributed by atoms with E-state index in [0.717, 1.165) is 25.3 Å². The lowest BCUT2D eigenvalue weighted by Crippen LogP contribution is -2.38. The van der Waals surface area contributed by atoms with Crippen molar-refractivity contribution in [1.29, 1.82) is 0 Å². The number of nitrogens with zero attached hydrogens (tertiary/aromatic N) is 1. The van der Waals surface area contributed by atoms with E-state index in [1.807, 2.05) is 6.07 Å². The van der Waals surface area contributed by atoms with E-state index in [0.29, 0.717) is 17.3 Å². The Hall–Kier alpha value is -2.36. The number of hydrogen-bond donors (Lipinski definition) is 2. The third kappa shape index (κ3) is 4.47. The molecule has 3 heterocycles. The maximum Gasteiger partial charge on any atom is 0.417 e. The molecule has 1 fully saturated rings. The number of hydrogen-bond acceptors (Lipinski definition) is 6. The van der Waals surface area contributed by atoms with Gasteiger partial charge in [-0.3, -0.25) is 9.88 Å². The zero-order valence-electron chi connectivity index (χ0n) is 16.3. The highest BCUT2D eigenvalue weighted by molar-refractivity contribution is 7.89. The first-order valence-electron chi connectivity index (χ1n) is 9.89. The summed E-state index contributed by atoms with van der Waals surface area (Å²) in [6, 6.07) is 8.54. The summed E-state index contributed by atoms with van der Waals surface area (Å²) in [5.41, 5.74) is 0.651. The van der Waals surface area contributed by atoms with Gasteiger partial charge in [0.1, 0.15) is 11.5 Å². The van der Waals surface area contributed by atoms with Gasteiger partial charge < -0.3 is 8.83 Å². The molecule has 156 valence electrons. The summed E-state index contributed by atoms with van der Waals surface area (Å²) in [7, 11) is -3.77. The van der Waals surface area contributed by atoms with Crippen LogP contribution in [0.3, 0.4) is 0 Å². The SMILES string of the molecule is CC[C@H]1CCCCN1Cc1ccc(CNS(=O)(=O)c2ccc3[nH]c(=O)oc3c2)o1. The molecule has 2 N–H and O–H groups in total. The summed E-state index contributed by atoms with van der Waals surface area (Å²) in [5.74, 6) is 0.780. The summed E-state index contributed by atoms with van der Waals surface area (Å²) in [4.78, 5) is 16.2. The van der Waals surface area contributed by atoms with Gasteiger partial charge in [-0.05, 0) is 50.1 Å². The molecule has 0 spiro atoms. The van der Waals surface area contributed by atoms with E-state index in [9.17, 15) is 13.2 Å². The molecule has 2 aromatic heterocycles. The Morgan fingerprint density at radius 3 is 2.83 bits per heavy atom. The fraction of sp³-hybridized carbons (Fsp3) is 0.450. The first-order chi connectivity index (χ1) is 13.9. The molecule has 1 saturated heterocycles. The minimum Gasteiger partial charge on any atom is -0.463 e. The van der Waals surface area contributed by atoms with Gasteiger partial charge in [0.15, 0.2) is 5.58 Å². The van der Waals surface area contributed by atoms with Crippen LogP contribution in [0.5, 0.6) is 0 Å². The molecule has 9 heteroatoms. The minimum atomic E-state index is -3.77. The Morgan fingerprint density at radius 2 is 2.00 bits per heavy atom. The van der Waals surface area contributed by atoms with Crippen LogP contribution in [0.25, 0.3) is 11.1 Å². The van der Waals surface area contributed by atoms with Crippen molar-refractivity contribution < 1.29 is 17.3 Å². The number of H-pyrrole nitrogens is 1. The van der Waals surface area contributed by atoms with Crippen LogP contribution in [0.1, 0.15) is 44.1 Å². The summed E-state index contributed by atoms with van der Waals surface area (Å²) >= 11 is 0. The maximum absolute atomic E-state index is 12.6. The number of rotatable bonds is 7. The van der Waals surface area contributed by atoms with Crippen LogP contribution in [0.15, 0.2) is 48.9 Å². The number of nitrogens with one attached hydrogen (secondary N) is 2. The molecule has 29 heavy (non-hydrogen) atoms. The van der Waals surface area contributed by atoms with Crippen LogP contribution < -0.4 is 10.5 Å². The Bertz CT molecular complexity index is 1140. The molecule has 0 aliphatic carbocycles. The van der Waals surface area contributed by atoms with Crippen molar-refractivity contribution in [2.75, 3.05) is 6.54 Å². The second kappa shape index (κ2) is 8.17. The first kappa shape index (κ1) is 19.9. The fourth-order valence-electron chi connectivity index (χ4n) is 3.88. The van der Waals surface area contributed by atoms with E-state index in [4.69, 9.17) is 8.83 Å². The van der Waals surface area contributed by atoms with Crippen LogP contribution >= 0.6 is 0 Å². The van der Waals surface area contributed by atoms with Crippen molar-refractivity contribution in [3.8, 4) is 0 Å². The second-order valence-corrected chi connectivity index (χ2v) is 9.16. The molecule has 8 nitrogen and oxygen atoms in total. The largest absolute Gasteiger partial charge is 0.463 e. The fourth-order valence-corrected chi connectivity index (χ4v) is 4.88. The highest BCUT2D eigenvalue weighted by Crippen LogP contribution is 2.23. The van der Waals surface area contributed by atoms with Crippen molar-refractivity contribution in [2.24, 2.45) is 0 Å². The molecule has 4 rings (SSSR count). The molecular weight excluding hydrogens is 394 g/mol. The predicted molar refractivity (Wildman–Crippen MR) is 108 cm³/mol. The lowest BCUT2D eigenvalue weighted by Gasteiger charge is -2.34. The van der Waals surface area contributed by atoms with Crippen molar-refractivity contribution in [3.05, 3.63) is 52.4 Å². The van der Waals surface area contributed by atoms with E-state index in [1.54, 1.807) is 6.07 Å². The molecule has 0 bridgehead atoms. The van der Waals surface area contributed by atoms with Crippen molar-refractivity contribution >= 4 is 21.1 Å². The van der Waals surface area contributed by atoms with Gasteiger partial charge >= 0.3 is 5.76 Å². The molecule has 0 amide bonds. The van der Waals surface area contributed by atoms with Gasteiger partial charge in [-0.1, -0.05) is 13.3 Å². The maximum atomic E-state index is 12.6. The van der Waals surface area contributed by atoms with Gasteiger partial charge in [0, 0.05) is 12.1 Å². The second-order valence-electron chi connectivity index (χ2n) is 7.39. The number of aromatic amines is 1. The van der Waals surface area contributed by atoms with Crippen LogP contribution in [0, 0.1) is 0 Å². The van der Waals surface area contributed by atoms with Gasteiger partial charge in [0.05, 0.1) is 23.5 Å². The highest BCUT2D eigenvalue weighted by atomic mass is 32.2. The number of aromatic nitrogens is 1. The molecule has 1 atom stereocenters. The number of oxazole rings is 1. The average Bonchev–Trinajstić information content (AvgIpc) is 3.31. The number of furan rings is 1. The van der Waals surface area contributed by atoms with Gasteiger partial charge in [0.25, 0.3) is 0 Å². The monoisotopic (exact) mass is 419 g/mol. The Balaban J connectivity index is 1.41. The topological polar surface area (TPSA) is 109 Å². The van der Waals surface area contributed by atoms with E-state index in [-0.39, 0.29) is 17.0 Å². The third-order valence-corrected chi connectivity index (χ3v) is 6.83. The van der Waals surface area contributed by atoms with Crippen molar-refractivity contribution in [2.45, 2.75) is 56.6 Å². The standard InChI is InChI=1S/C20H25N3O5S/c1-2-14-5-3-4-10-23(14)13-16-7-6-15(27-16)12-21-29(25,26)17-8-9-18-19(11-17)28-20(24)22-18/h6-9,11,14,21H,2-5,10,12-13H2,1H3,(H,22,24)/t14-/m0/s1. The molecular formula is C20H25N3O5S. The first-order valence-corrected chi connectivity index (χ1v) is 11.4. The Labute approximate surface area is 168 Å². The van der Waals surface area contributed by atoms with Crippen molar-refractivity contribution in [1.82, 2.24) is 14.6 Å². The van der Waals surface area contributed by atoms with E-state index in [2.05, 4.69) is 21.5 Å². The lowest BCUT2D eigenvalue weighted by atomic mass is 10.00. The van der Waals surface area contributed by atoms with E-state index >= 15 is 0 Å². The molecule has 1 aliphatic heterocycles. The summed E-state index contributed by atoms with van der Waals surface area (Å²) in [6.07, 6.45) is 4.82. The number of fused-ring (bicyclic) bond motifs is 1. The minimum absolute atomic E-state index is 0.0265. The zero-order chi connectivity index (χ0) is 20.4. The number of benzene rings is 1. The van der Waals surface area contributed by atoms with Gasteiger partial charge in [-0.25, -0.2) is 17.9 Å². The molecule has 3 aromatic rings. The van der Waals surface area contributed by atoms with E-state index in [1.165, 1.54) is 37.5 Å². The summed E-state index contributed by atoms with van der Waals surface area (Å²) < 4.78 is 38.5. The number of piperidine rings is 1. The molecule has 1 aromatic carbocycles. The number of sulfonamides is 1. The van der Waals surface area contributed by atoms with Gasteiger partial charge in [-0.2, -0.15) is 0 Å². The smallest absolute Gasteiger partial charge is 0.417 e. The quantitative estimate of drug-likeness (QED) is 0.609. The van der Waals surface area contributed by atoms with E-state index < -0.39 is 15.8 Å².